The van der Waals surface area contributed by atoms with E-state index in [0.29, 0.717) is 22.3 Å². The molecule has 3 rings (SSSR count). The van der Waals surface area contributed by atoms with Crippen LogP contribution >= 0.6 is 0 Å². The van der Waals surface area contributed by atoms with E-state index in [2.05, 4.69) is 10.3 Å². The maximum absolute atomic E-state index is 13.3. The summed E-state index contributed by atoms with van der Waals surface area (Å²) in [5.41, 5.74) is 1.83. The lowest BCUT2D eigenvalue weighted by Crippen LogP contribution is -2.26. The van der Waals surface area contributed by atoms with Crippen LogP contribution in [0, 0.1) is 5.82 Å². The van der Waals surface area contributed by atoms with Crippen molar-refractivity contribution in [2.75, 3.05) is 5.32 Å². The first-order valence-electron chi connectivity index (χ1n) is 8.85. The number of carbonyl (C=O) groups excluding carboxylic acids is 2. The molecule has 0 saturated heterocycles. The Morgan fingerprint density at radius 2 is 1.93 bits per heavy atom. The average Bonchev–Trinajstić information content (AvgIpc) is 2.91. The largest absolute Gasteiger partial charge is 0.459 e. The van der Waals surface area contributed by atoms with Crippen molar-refractivity contribution < 1.29 is 18.7 Å². The van der Waals surface area contributed by atoms with Crippen LogP contribution in [0.5, 0.6) is 0 Å². The smallest absolute Gasteiger partial charge is 0.326 e. The number of pyridine rings is 1. The normalized spacial score (nSPS) is 11.5. The van der Waals surface area contributed by atoms with Gasteiger partial charge in [0.05, 0.1) is 18.1 Å². The molecule has 0 atom stereocenters. The molecule has 146 valence electrons. The van der Waals surface area contributed by atoms with E-state index in [-0.39, 0.29) is 18.3 Å². The molecular formula is C21H22FN3O3. The van der Waals surface area contributed by atoms with Gasteiger partial charge in [-0.05, 0) is 45.9 Å². The number of Topliss-reactive ketones (excluding diaryl/α,β-unsaturated/α-hetero) is 1. The fourth-order valence-electron chi connectivity index (χ4n) is 2.95. The van der Waals surface area contributed by atoms with Gasteiger partial charge in [-0.15, -0.1) is 0 Å². The van der Waals surface area contributed by atoms with Crippen molar-refractivity contribution in [1.82, 2.24) is 9.55 Å². The molecule has 2 heterocycles. The lowest BCUT2D eigenvalue weighted by atomic mass is 10.1. The van der Waals surface area contributed by atoms with Crippen molar-refractivity contribution in [3.63, 3.8) is 0 Å². The number of ketones is 1. The summed E-state index contributed by atoms with van der Waals surface area (Å²) in [7, 11) is 0. The van der Waals surface area contributed by atoms with Crippen LogP contribution in [0.3, 0.4) is 0 Å². The number of halogens is 1. The van der Waals surface area contributed by atoms with E-state index in [1.165, 1.54) is 19.2 Å². The minimum Gasteiger partial charge on any atom is -0.459 e. The Morgan fingerprint density at radius 1 is 1.18 bits per heavy atom. The molecule has 0 aliphatic heterocycles. The number of anilines is 2. The molecule has 7 heteroatoms. The summed E-state index contributed by atoms with van der Waals surface area (Å²) in [5, 5.41) is 3.77. The number of nitrogens with one attached hydrogen (secondary N) is 1. The Labute approximate surface area is 162 Å². The second-order valence-corrected chi connectivity index (χ2v) is 7.56. The van der Waals surface area contributed by atoms with Gasteiger partial charge in [-0.25, -0.2) is 4.39 Å². The summed E-state index contributed by atoms with van der Waals surface area (Å²) in [6.07, 6.45) is 4.29. The topological polar surface area (TPSA) is 73.2 Å². The number of esters is 1. The lowest BCUT2D eigenvalue weighted by molar-refractivity contribution is -0.155. The highest BCUT2D eigenvalue weighted by Gasteiger charge is 2.19. The van der Waals surface area contributed by atoms with Gasteiger partial charge in [-0.3, -0.25) is 14.6 Å². The van der Waals surface area contributed by atoms with Crippen LogP contribution in [-0.4, -0.2) is 26.9 Å². The van der Waals surface area contributed by atoms with Crippen LogP contribution in [0.4, 0.5) is 15.8 Å². The number of benzene rings is 1. The summed E-state index contributed by atoms with van der Waals surface area (Å²) in [4.78, 5) is 28.1. The average molecular weight is 383 g/mol. The highest BCUT2D eigenvalue weighted by molar-refractivity contribution is 6.08. The number of ether oxygens (including phenoxy) is 1. The molecule has 0 bridgehead atoms. The zero-order chi connectivity index (χ0) is 20.5. The fourth-order valence-corrected chi connectivity index (χ4v) is 2.95. The first kappa shape index (κ1) is 19.5. The van der Waals surface area contributed by atoms with E-state index < -0.39 is 11.4 Å². The Balaban J connectivity index is 1.95. The Morgan fingerprint density at radius 3 is 2.57 bits per heavy atom. The van der Waals surface area contributed by atoms with Gasteiger partial charge in [-0.1, -0.05) is 0 Å². The molecule has 0 aliphatic rings. The summed E-state index contributed by atoms with van der Waals surface area (Å²) >= 11 is 0. The molecule has 1 N–H and O–H groups in total. The van der Waals surface area contributed by atoms with E-state index in [9.17, 15) is 14.0 Å². The third kappa shape index (κ3) is 4.54. The summed E-state index contributed by atoms with van der Waals surface area (Å²) < 4.78 is 20.4. The maximum atomic E-state index is 13.3. The fraction of sp³-hybridized carbons (Fsp3) is 0.286. The quantitative estimate of drug-likeness (QED) is 0.520. The van der Waals surface area contributed by atoms with Gasteiger partial charge < -0.3 is 14.6 Å². The van der Waals surface area contributed by atoms with Crippen molar-refractivity contribution in [1.29, 1.82) is 0 Å². The summed E-state index contributed by atoms with van der Waals surface area (Å²) in [6.45, 7) is 6.89. The molecule has 3 aromatic rings. The van der Waals surface area contributed by atoms with Gasteiger partial charge in [0.25, 0.3) is 0 Å². The minimum atomic E-state index is -0.584. The Hall–Kier alpha value is -3.22. The number of aromatic nitrogens is 2. The van der Waals surface area contributed by atoms with E-state index in [1.54, 1.807) is 49.7 Å². The van der Waals surface area contributed by atoms with E-state index in [4.69, 9.17) is 4.74 Å². The molecule has 0 unspecified atom stereocenters. The van der Waals surface area contributed by atoms with Crippen LogP contribution in [0.1, 0.15) is 38.1 Å². The Kier molecular flexibility index (Phi) is 5.18. The van der Waals surface area contributed by atoms with Gasteiger partial charge in [-0.2, -0.15) is 0 Å². The molecule has 0 saturated carbocycles. The number of carbonyl (C=O) groups is 2. The second-order valence-electron chi connectivity index (χ2n) is 7.56. The minimum absolute atomic E-state index is 0.00163. The first-order chi connectivity index (χ1) is 13.1. The number of hydrogen-bond donors (Lipinski definition) is 1. The molecule has 0 spiro atoms. The molecule has 2 aromatic heterocycles. The zero-order valence-electron chi connectivity index (χ0n) is 16.2. The maximum Gasteiger partial charge on any atom is 0.326 e. The molecule has 0 amide bonds. The summed E-state index contributed by atoms with van der Waals surface area (Å²) in [5.74, 6) is -0.941. The standard InChI is InChI=1S/C21H22FN3O3/c1-13(26)18-11-25(12-20(27)28-21(2,3)4)19-6-5-15(8-17(18)19)24-16-7-14(22)9-23-10-16/h5-11,24H,12H2,1-4H3. The van der Waals surface area contributed by atoms with Crippen molar-refractivity contribution in [2.45, 2.75) is 39.8 Å². The van der Waals surface area contributed by atoms with Gasteiger partial charge in [0.1, 0.15) is 18.0 Å². The predicted octanol–water partition coefficient (Wildman–Crippen LogP) is 4.46. The number of rotatable bonds is 5. The third-order valence-corrected chi connectivity index (χ3v) is 3.97. The van der Waals surface area contributed by atoms with Gasteiger partial charge >= 0.3 is 5.97 Å². The van der Waals surface area contributed by atoms with E-state index in [1.807, 2.05) is 0 Å². The SMILES string of the molecule is CC(=O)c1cn(CC(=O)OC(C)(C)C)c2ccc(Nc3cncc(F)c3)cc12. The van der Waals surface area contributed by atoms with E-state index in [0.717, 1.165) is 11.7 Å². The van der Waals surface area contributed by atoms with Crippen LogP contribution in [0.2, 0.25) is 0 Å². The molecule has 0 radical (unpaired) electrons. The number of nitrogens with zero attached hydrogens (tertiary/aromatic N) is 2. The molecule has 6 nitrogen and oxygen atoms in total. The van der Waals surface area contributed by atoms with Crippen molar-refractivity contribution in [3.8, 4) is 0 Å². The van der Waals surface area contributed by atoms with E-state index >= 15 is 0 Å². The predicted molar refractivity (Wildman–Crippen MR) is 105 cm³/mol. The zero-order valence-corrected chi connectivity index (χ0v) is 16.2. The third-order valence-electron chi connectivity index (χ3n) is 3.97. The molecular weight excluding hydrogens is 361 g/mol. The molecule has 0 aliphatic carbocycles. The molecule has 28 heavy (non-hydrogen) atoms. The number of fused-ring (bicyclic) bond motifs is 1. The molecule has 1 aromatic carbocycles. The Bertz CT molecular complexity index is 1050. The number of hydrogen-bond acceptors (Lipinski definition) is 5. The van der Waals surface area contributed by atoms with Gasteiger partial charge in [0, 0.05) is 34.4 Å². The van der Waals surface area contributed by atoms with Crippen molar-refractivity contribution >= 4 is 34.0 Å². The van der Waals surface area contributed by atoms with Crippen LogP contribution in [-0.2, 0) is 16.1 Å². The second kappa shape index (κ2) is 7.42. The monoisotopic (exact) mass is 383 g/mol. The van der Waals surface area contributed by atoms with Crippen molar-refractivity contribution in [3.05, 3.63) is 54.2 Å². The van der Waals surface area contributed by atoms with Crippen LogP contribution < -0.4 is 5.32 Å². The highest BCUT2D eigenvalue weighted by Crippen LogP contribution is 2.27. The summed E-state index contributed by atoms with van der Waals surface area (Å²) in [6, 6.07) is 6.73. The van der Waals surface area contributed by atoms with Crippen molar-refractivity contribution in [2.24, 2.45) is 0 Å². The van der Waals surface area contributed by atoms with Gasteiger partial charge in [0.15, 0.2) is 5.78 Å². The molecule has 0 fully saturated rings. The van der Waals surface area contributed by atoms with Crippen LogP contribution in [0.25, 0.3) is 10.9 Å². The lowest BCUT2D eigenvalue weighted by Gasteiger charge is -2.19. The van der Waals surface area contributed by atoms with Gasteiger partial charge in [0.2, 0.25) is 0 Å². The first-order valence-corrected chi connectivity index (χ1v) is 8.85. The highest BCUT2D eigenvalue weighted by atomic mass is 19.1. The van der Waals surface area contributed by atoms with Crippen LogP contribution in [0.15, 0.2) is 42.9 Å².